The standard InChI is InChI=1S/C42H29N/c1-2-18-32(19-3-1)43(41-27-12-10-24-38(41)36-26-14-17-30-15-4-6-20-33(30)36)42-28-13-11-25-39(42)40-29-31-16-5-7-21-34(31)35-22-8-9-23-37(35)40/h1-29H. The second-order valence-electron chi connectivity index (χ2n) is 10.9. The van der Waals surface area contributed by atoms with Gasteiger partial charge in [-0.3, -0.25) is 0 Å². The SMILES string of the molecule is c1ccc(N(c2ccccc2-c2cccc3ccccc23)c2ccccc2-c2cc3ccccc3c3ccccc23)cc1. The first-order chi connectivity index (χ1) is 21.4. The fourth-order valence-electron chi connectivity index (χ4n) is 6.52. The van der Waals surface area contributed by atoms with Crippen molar-refractivity contribution in [2.24, 2.45) is 0 Å². The van der Waals surface area contributed by atoms with E-state index in [0.717, 1.165) is 17.1 Å². The van der Waals surface area contributed by atoms with Gasteiger partial charge in [-0.2, -0.15) is 0 Å². The first-order valence-electron chi connectivity index (χ1n) is 14.8. The van der Waals surface area contributed by atoms with Gasteiger partial charge in [0.05, 0.1) is 11.4 Å². The molecule has 0 fully saturated rings. The summed E-state index contributed by atoms with van der Waals surface area (Å²) in [7, 11) is 0. The van der Waals surface area contributed by atoms with Gasteiger partial charge in [0.25, 0.3) is 0 Å². The van der Waals surface area contributed by atoms with Crippen molar-refractivity contribution in [1.29, 1.82) is 0 Å². The van der Waals surface area contributed by atoms with Crippen LogP contribution >= 0.6 is 0 Å². The molecule has 0 amide bonds. The molecule has 0 aliphatic rings. The average Bonchev–Trinajstić information content (AvgIpc) is 3.09. The second kappa shape index (κ2) is 10.6. The van der Waals surface area contributed by atoms with Crippen LogP contribution in [0.5, 0.6) is 0 Å². The maximum atomic E-state index is 2.43. The lowest BCUT2D eigenvalue weighted by molar-refractivity contribution is 1.29. The van der Waals surface area contributed by atoms with Crippen molar-refractivity contribution in [3.63, 3.8) is 0 Å². The Hall–Kier alpha value is -5.66. The smallest absolute Gasteiger partial charge is 0.0540 e. The molecule has 0 aromatic heterocycles. The van der Waals surface area contributed by atoms with Gasteiger partial charge in [-0.15, -0.1) is 0 Å². The summed E-state index contributed by atoms with van der Waals surface area (Å²) >= 11 is 0. The summed E-state index contributed by atoms with van der Waals surface area (Å²) in [6.07, 6.45) is 0. The number of hydrogen-bond donors (Lipinski definition) is 0. The Kier molecular flexibility index (Phi) is 6.20. The first-order valence-corrected chi connectivity index (χ1v) is 14.8. The molecular formula is C42H29N. The Morgan fingerprint density at radius 3 is 1.51 bits per heavy atom. The quantitative estimate of drug-likeness (QED) is 0.194. The van der Waals surface area contributed by atoms with Gasteiger partial charge in [0.15, 0.2) is 0 Å². The Labute approximate surface area is 251 Å². The molecule has 0 bridgehead atoms. The Bertz CT molecular complexity index is 2240. The predicted molar refractivity (Wildman–Crippen MR) is 185 cm³/mol. The number of para-hydroxylation sites is 3. The number of benzene rings is 8. The highest BCUT2D eigenvalue weighted by Crippen LogP contribution is 2.47. The molecule has 0 radical (unpaired) electrons. The number of rotatable bonds is 5. The fraction of sp³-hybridized carbons (Fsp3) is 0. The molecular weight excluding hydrogens is 518 g/mol. The fourth-order valence-corrected chi connectivity index (χ4v) is 6.52. The maximum absolute atomic E-state index is 2.43. The van der Waals surface area contributed by atoms with Gasteiger partial charge in [-0.1, -0.05) is 146 Å². The molecule has 8 rings (SSSR count). The van der Waals surface area contributed by atoms with E-state index in [1.165, 1.54) is 54.6 Å². The Morgan fingerprint density at radius 2 is 0.767 bits per heavy atom. The van der Waals surface area contributed by atoms with Crippen molar-refractivity contribution in [3.05, 3.63) is 176 Å². The lowest BCUT2D eigenvalue weighted by Crippen LogP contribution is -2.12. The minimum absolute atomic E-state index is 1.12. The summed E-state index contributed by atoms with van der Waals surface area (Å²) in [5, 5.41) is 7.54. The van der Waals surface area contributed by atoms with E-state index in [-0.39, 0.29) is 0 Å². The molecule has 0 atom stereocenters. The van der Waals surface area contributed by atoms with Crippen molar-refractivity contribution in [3.8, 4) is 22.3 Å². The van der Waals surface area contributed by atoms with Crippen LogP contribution in [-0.4, -0.2) is 0 Å². The van der Waals surface area contributed by atoms with Gasteiger partial charge in [0.1, 0.15) is 0 Å². The van der Waals surface area contributed by atoms with Crippen molar-refractivity contribution < 1.29 is 0 Å². The van der Waals surface area contributed by atoms with E-state index in [9.17, 15) is 0 Å². The van der Waals surface area contributed by atoms with Crippen molar-refractivity contribution >= 4 is 49.4 Å². The van der Waals surface area contributed by atoms with E-state index in [2.05, 4.69) is 181 Å². The van der Waals surface area contributed by atoms with Crippen LogP contribution in [0.1, 0.15) is 0 Å². The summed E-state index contributed by atoms with van der Waals surface area (Å²) in [4.78, 5) is 2.43. The predicted octanol–water partition coefficient (Wildman–Crippen LogP) is 11.9. The van der Waals surface area contributed by atoms with Crippen molar-refractivity contribution in [2.75, 3.05) is 4.90 Å². The van der Waals surface area contributed by atoms with Gasteiger partial charge in [0, 0.05) is 16.8 Å². The lowest BCUT2D eigenvalue weighted by Gasteiger charge is -2.30. The van der Waals surface area contributed by atoms with Crippen LogP contribution in [0, 0.1) is 0 Å². The molecule has 0 aliphatic heterocycles. The van der Waals surface area contributed by atoms with Crippen molar-refractivity contribution in [1.82, 2.24) is 0 Å². The lowest BCUT2D eigenvalue weighted by atomic mass is 9.91. The van der Waals surface area contributed by atoms with E-state index in [0.29, 0.717) is 0 Å². The molecule has 0 saturated heterocycles. The van der Waals surface area contributed by atoms with Crippen LogP contribution in [0.2, 0.25) is 0 Å². The van der Waals surface area contributed by atoms with E-state index < -0.39 is 0 Å². The summed E-state index contributed by atoms with van der Waals surface area (Å²) in [6.45, 7) is 0. The van der Waals surface area contributed by atoms with Crippen LogP contribution < -0.4 is 4.90 Å². The van der Waals surface area contributed by atoms with Crippen LogP contribution in [0.25, 0.3) is 54.6 Å². The number of anilines is 3. The van der Waals surface area contributed by atoms with Crippen LogP contribution in [0.15, 0.2) is 176 Å². The summed E-state index contributed by atoms with van der Waals surface area (Å²) < 4.78 is 0. The zero-order valence-electron chi connectivity index (χ0n) is 23.7. The zero-order chi connectivity index (χ0) is 28.6. The molecule has 43 heavy (non-hydrogen) atoms. The Balaban J connectivity index is 1.43. The minimum Gasteiger partial charge on any atom is -0.309 e. The average molecular weight is 548 g/mol. The van der Waals surface area contributed by atoms with E-state index in [1.807, 2.05) is 0 Å². The zero-order valence-corrected chi connectivity index (χ0v) is 23.7. The van der Waals surface area contributed by atoms with E-state index in [1.54, 1.807) is 0 Å². The molecule has 8 aromatic rings. The highest BCUT2D eigenvalue weighted by Gasteiger charge is 2.21. The van der Waals surface area contributed by atoms with E-state index in [4.69, 9.17) is 0 Å². The topological polar surface area (TPSA) is 3.24 Å². The monoisotopic (exact) mass is 547 g/mol. The highest BCUT2D eigenvalue weighted by atomic mass is 15.1. The molecule has 0 N–H and O–H groups in total. The molecule has 0 spiro atoms. The van der Waals surface area contributed by atoms with Gasteiger partial charge in [0.2, 0.25) is 0 Å². The van der Waals surface area contributed by atoms with Crippen LogP contribution in [0.4, 0.5) is 17.1 Å². The third kappa shape index (κ3) is 4.34. The number of nitrogens with zero attached hydrogens (tertiary/aromatic N) is 1. The third-order valence-electron chi connectivity index (χ3n) is 8.44. The van der Waals surface area contributed by atoms with Gasteiger partial charge in [-0.25, -0.2) is 0 Å². The molecule has 0 saturated carbocycles. The number of hydrogen-bond acceptors (Lipinski definition) is 1. The minimum atomic E-state index is 1.12. The molecule has 8 aromatic carbocycles. The molecule has 1 heteroatoms. The summed E-state index contributed by atoms with van der Waals surface area (Å²) in [5.74, 6) is 0. The van der Waals surface area contributed by atoms with E-state index >= 15 is 0 Å². The van der Waals surface area contributed by atoms with Crippen molar-refractivity contribution in [2.45, 2.75) is 0 Å². The van der Waals surface area contributed by atoms with Crippen LogP contribution in [-0.2, 0) is 0 Å². The normalized spacial score (nSPS) is 11.3. The van der Waals surface area contributed by atoms with Gasteiger partial charge >= 0.3 is 0 Å². The number of fused-ring (bicyclic) bond motifs is 4. The highest BCUT2D eigenvalue weighted by molar-refractivity contribution is 6.15. The van der Waals surface area contributed by atoms with Gasteiger partial charge < -0.3 is 4.90 Å². The Morgan fingerprint density at radius 1 is 0.279 bits per heavy atom. The first kappa shape index (κ1) is 25.1. The second-order valence-corrected chi connectivity index (χ2v) is 10.9. The maximum Gasteiger partial charge on any atom is 0.0540 e. The summed E-state index contributed by atoms with van der Waals surface area (Å²) in [5.41, 5.74) is 8.25. The van der Waals surface area contributed by atoms with Crippen LogP contribution in [0.3, 0.4) is 0 Å². The molecule has 202 valence electrons. The summed E-state index contributed by atoms with van der Waals surface area (Å²) in [6, 6.07) is 63.5. The van der Waals surface area contributed by atoms with Gasteiger partial charge in [-0.05, 0) is 73.8 Å². The third-order valence-corrected chi connectivity index (χ3v) is 8.44. The molecule has 0 heterocycles. The largest absolute Gasteiger partial charge is 0.309 e. The molecule has 0 aliphatic carbocycles. The molecule has 1 nitrogen and oxygen atoms in total. The molecule has 0 unspecified atom stereocenters.